The Kier molecular flexibility index (Phi) is 4.36. The minimum absolute atomic E-state index is 0.486. The first-order valence-electron chi connectivity index (χ1n) is 3.77. The predicted octanol–water partition coefficient (Wildman–Crippen LogP) is 5.24. The molecule has 0 amide bonds. The molecule has 2 atom stereocenters. The van der Waals surface area contributed by atoms with Crippen molar-refractivity contribution in [1.82, 2.24) is 0 Å². The Hall–Kier alpha value is 2.45. The molecule has 0 aromatic rings. The number of rotatable bonds is 4. The fraction of sp³-hybridized carbons (Fsp3) is 1.00. The van der Waals surface area contributed by atoms with E-state index in [1.54, 1.807) is 0 Å². The van der Waals surface area contributed by atoms with E-state index in [1.807, 2.05) is 74.6 Å². The second kappa shape index (κ2) is 4.75. The van der Waals surface area contributed by atoms with Crippen molar-refractivity contribution >= 4 is 74.6 Å². The highest BCUT2D eigenvalue weighted by Crippen LogP contribution is 2.66. The van der Waals surface area contributed by atoms with Crippen molar-refractivity contribution in [1.29, 1.82) is 0 Å². The standard InChI is InChI=1S/C6H10S7/c1-5(3-7-9-5)11-13-12-6(2)4-8-10-6/h3-4H2,1-2H3. The van der Waals surface area contributed by atoms with E-state index in [9.17, 15) is 0 Å². The first-order valence-corrected chi connectivity index (χ1v) is 11.9. The molecular weight excluding hydrogens is 297 g/mol. The Balaban J connectivity index is 1.63. The van der Waals surface area contributed by atoms with Gasteiger partial charge in [0.05, 0.1) is 8.16 Å². The monoisotopic (exact) mass is 306 g/mol. The van der Waals surface area contributed by atoms with Gasteiger partial charge in [-0.25, -0.2) is 0 Å². The van der Waals surface area contributed by atoms with Crippen LogP contribution in [-0.2, 0) is 0 Å². The van der Waals surface area contributed by atoms with Gasteiger partial charge in [-0.05, 0) is 23.7 Å². The molecule has 0 bridgehead atoms. The fourth-order valence-corrected chi connectivity index (χ4v) is 15.2. The van der Waals surface area contributed by atoms with E-state index >= 15 is 0 Å². The topological polar surface area (TPSA) is 0 Å². The van der Waals surface area contributed by atoms with Crippen LogP contribution in [-0.4, -0.2) is 19.7 Å². The van der Waals surface area contributed by atoms with Gasteiger partial charge in [0.2, 0.25) is 0 Å². The van der Waals surface area contributed by atoms with E-state index in [0.717, 1.165) is 0 Å². The average Bonchev–Trinajstić information content (AvgIpc) is 1.98. The minimum Gasteiger partial charge on any atom is -0.0903 e. The van der Waals surface area contributed by atoms with Gasteiger partial charge in [0.15, 0.2) is 0 Å². The first kappa shape index (κ1) is 11.9. The first-order chi connectivity index (χ1) is 6.12. The maximum Gasteiger partial charge on any atom is 0.0895 e. The second-order valence-electron chi connectivity index (χ2n) is 3.19. The van der Waals surface area contributed by atoms with Crippen LogP contribution < -0.4 is 0 Å². The fourth-order valence-electron chi connectivity index (χ4n) is 0.687. The zero-order valence-corrected chi connectivity index (χ0v) is 13.0. The summed E-state index contributed by atoms with van der Waals surface area (Å²) in [6.07, 6.45) is 0. The molecule has 2 heterocycles. The van der Waals surface area contributed by atoms with Crippen LogP contribution in [0.25, 0.3) is 0 Å². The van der Waals surface area contributed by atoms with Gasteiger partial charge in [-0.3, -0.25) is 0 Å². The summed E-state index contributed by atoms with van der Waals surface area (Å²) in [5.41, 5.74) is 0. The van der Waals surface area contributed by atoms with E-state index in [0.29, 0.717) is 8.16 Å². The molecule has 76 valence electrons. The molecule has 2 unspecified atom stereocenters. The van der Waals surface area contributed by atoms with Gasteiger partial charge < -0.3 is 0 Å². The van der Waals surface area contributed by atoms with E-state index < -0.39 is 0 Å². The third-order valence-corrected chi connectivity index (χ3v) is 15.7. The molecule has 0 N–H and O–H groups in total. The van der Waals surface area contributed by atoms with Gasteiger partial charge in [0.25, 0.3) is 0 Å². The zero-order valence-electron chi connectivity index (χ0n) is 7.27. The summed E-state index contributed by atoms with van der Waals surface area (Å²) in [6, 6.07) is 0. The summed E-state index contributed by atoms with van der Waals surface area (Å²) in [6.45, 7) is 4.69. The second-order valence-corrected chi connectivity index (χ2v) is 14.2. The van der Waals surface area contributed by atoms with Gasteiger partial charge in [-0.15, -0.1) is 0 Å². The molecule has 0 aromatic heterocycles. The van der Waals surface area contributed by atoms with Crippen LogP contribution in [0.15, 0.2) is 0 Å². The Morgan fingerprint density at radius 1 is 0.923 bits per heavy atom. The molecule has 7 heteroatoms. The highest BCUT2D eigenvalue weighted by molar-refractivity contribution is 9.12. The van der Waals surface area contributed by atoms with Gasteiger partial charge in [-0.2, -0.15) is 0 Å². The van der Waals surface area contributed by atoms with Crippen LogP contribution in [0, 0.1) is 0 Å². The normalized spacial score (nSPS) is 43.8. The lowest BCUT2D eigenvalue weighted by molar-refractivity contribution is 1.05. The van der Waals surface area contributed by atoms with Crippen LogP contribution in [0.5, 0.6) is 0 Å². The Bertz CT molecular complexity index is 165. The molecule has 2 rings (SSSR count). The molecule has 2 fully saturated rings. The third kappa shape index (κ3) is 3.20. The minimum atomic E-state index is 0.486. The molecule has 0 nitrogen and oxygen atoms in total. The van der Waals surface area contributed by atoms with Gasteiger partial charge in [-0.1, -0.05) is 64.8 Å². The SMILES string of the molecule is CC1(SSSC2(C)CSS2)CSS1. The van der Waals surface area contributed by atoms with Gasteiger partial charge >= 0.3 is 0 Å². The quantitative estimate of drug-likeness (QED) is 0.643. The van der Waals surface area contributed by atoms with Crippen molar-refractivity contribution in [3.05, 3.63) is 0 Å². The molecule has 0 aromatic carbocycles. The molecule has 2 aliphatic heterocycles. The van der Waals surface area contributed by atoms with Crippen molar-refractivity contribution in [2.45, 2.75) is 22.0 Å². The Morgan fingerprint density at radius 3 is 1.54 bits per heavy atom. The molecule has 0 saturated carbocycles. The molecular formula is C6H10S7. The Morgan fingerprint density at radius 2 is 1.31 bits per heavy atom. The maximum absolute atomic E-state index is 2.34. The Labute approximate surface area is 107 Å². The summed E-state index contributed by atoms with van der Waals surface area (Å²) in [5.74, 6) is 2.60. The van der Waals surface area contributed by atoms with Crippen molar-refractivity contribution in [3.8, 4) is 0 Å². The summed E-state index contributed by atoms with van der Waals surface area (Å²) >= 11 is 0. The van der Waals surface area contributed by atoms with Crippen LogP contribution in [0.1, 0.15) is 13.8 Å². The molecule has 0 radical (unpaired) electrons. The van der Waals surface area contributed by atoms with E-state index in [4.69, 9.17) is 0 Å². The highest BCUT2D eigenvalue weighted by atomic mass is 33.5. The number of hydrogen-bond acceptors (Lipinski definition) is 7. The van der Waals surface area contributed by atoms with E-state index in [2.05, 4.69) is 13.8 Å². The zero-order chi connectivity index (χ0) is 9.36. The molecule has 0 spiro atoms. The lowest BCUT2D eigenvalue weighted by Gasteiger charge is -2.37. The van der Waals surface area contributed by atoms with Crippen LogP contribution in [0.3, 0.4) is 0 Å². The predicted molar refractivity (Wildman–Crippen MR) is 79.7 cm³/mol. The van der Waals surface area contributed by atoms with Crippen LogP contribution in [0.4, 0.5) is 0 Å². The van der Waals surface area contributed by atoms with Crippen LogP contribution in [0.2, 0.25) is 0 Å². The van der Waals surface area contributed by atoms with E-state index in [-0.39, 0.29) is 0 Å². The average molecular weight is 307 g/mol. The lowest BCUT2D eigenvalue weighted by atomic mass is 10.5. The smallest absolute Gasteiger partial charge is 0.0895 e. The summed E-state index contributed by atoms with van der Waals surface area (Å²) in [4.78, 5) is 0. The van der Waals surface area contributed by atoms with Crippen molar-refractivity contribution in [2.24, 2.45) is 0 Å². The van der Waals surface area contributed by atoms with Crippen molar-refractivity contribution in [3.63, 3.8) is 0 Å². The lowest BCUT2D eigenvalue weighted by Crippen LogP contribution is -2.25. The third-order valence-electron chi connectivity index (χ3n) is 1.53. The molecule has 2 aliphatic rings. The van der Waals surface area contributed by atoms with Crippen LogP contribution >= 0.6 is 74.6 Å². The van der Waals surface area contributed by atoms with Crippen molar-refractivity contribution in [2.75, 3.05) is 11.5 Å². The maximum atomic E-state index is 2.34. The van der Waals surface area contributed by atoms with Crippen molar-refractivity contribution < 1.29 is 0 Å². The largest absolute Gasteiger partial charge is 0.0903 e. The van der Waals surface area contributed by atoms with Gasteiger partial charge in [0, 0.05) is 11.5 Å². The summed E-state index contributed by atoms with van der Waals surface area (Å²) in [7, 11) is 14.1. The summed E-state index contributed by atoms with van der Waals surface area (Å²) in [5, 5.41) is 0. The highest BCUT2D eigenvalue weighted by Gasteiger charge is 2.39. The van der Waals surface area contributed by atoms with Gasteiger partial charge in [0.1, 0.15) is 0 Å². The van der Waals surface area contributed by atoms with E-state index in [1.165, 1.54) is 11.5 Å². The summed E-state index contributed by atoms with van der Waals surface area (Å²) < 4.78 is 0.973. The number of hydrogen-bond donors (Lipinski definition) is 0. The molecule has 2 saturated heterocycles. The molecule has 0 aliphatic carbocycles. The molecule has 13 heavy (non-hydrogen) atoms.